The maximum absolute atomic E-state index is 12.2. The fourth-order valence-corrected chi connectivity index (χ4v) is 2.11. The molecule has 1 amide bonds. The van der Waals surface area contributed by atoms with Crippen LogP contribution in [0, 0.1) is 5.92 Å². The standard InChI is InChI=1S/C13H19N3O/c1-2-16(9-10-4-3-5-10)13(17)11-6-7-15-12(14)8-11/h6-8,10H,2-5,9H2,1H3,(H2,14,15). The molecular weight excluding hydrogens is 214 g/mol. The van der Waals surface area contributed by atoms with Gasteiger partial charge in [0.2, 0.25) is 0 Å². The summed E-state index contributed by atoms with van der Waals surface area (Å²) >= 11 is 0. The molecule has 1 heterocycles. The van der Waals surface area contributed by atoms with Crippen LogP contribution in [-0.2, 0) is 0 Å². The molecule has 0 bridgehead atoms. The Morgan fingerprint density at radius 3 is 2.88 bits per heavy atom. The van der Waals surface area contributed by atoms with Crippen LogP contribution in [0.4, 0.5) is 5.82 Å². The Kier molecular flexibility index (Phi) is 3.61. The summed E-state index contributed by atoms with van der Waals surface area (Å²) in [6.45, 7) is 3.64. The van der Waals surface area contributed by atoms with Crippen molar-refractivity contribution in [2.45, 2.75) is 26.2 Å². The highest BCUT2D eigenvalue weighted by atomic mass is 16.2. The summed E-state index contributed by atoms with van der Waals surface area (Å²) in [5.41, 5.74) is 6.23. The highest BCUT2D eigenvalue weighted by Gasteiger charge is 2.23. The fourth-order valence-electron chi connectivity index (χ4n) is 2.11. The molecule has 2 rings (SSSR count). The number of nitrogens with two attached hydrogens (primary N) is 1. The first-order chi connectivity index (χ1) is 8.20. The number of amides is 1. The zero-order chi connectivity index (χ0) is 12.3. The Bertz CT molecular complexity index is 401. The van der Waals surface area contributed by atoms with Crippen molar-refractivity contribution in [3.63, 3.8) is 0 Å². The molecule has 0 aromatic carbocycles. The highest BCUT2D eigenvalue weighted by Crippen LogP contribution is 2.27. The van der Waals surface area contributed by atoms with E-state index in [2.05, 4.69) is 4.98 Å². The van der Waals surface area contributed by atoms with E-state index < -0.39 is 0 Å². The molecule has 1 aliphatic rings. The summed E-state index contributed by atoms with van der Waals surface area (Å²) in [5.74, 6) is 1.15. The Hall–Kier alpha value is -1.58. The van der Waals surface area contributed by atoms with Gasteiger partial charge in [-0.2, -0.15) is 0 Å². The molecule has 1 saturated carbocycles. The Morgan fingerprint density at radius 2 is 2.35 bits per heavy atom. The van der Waals surface area contributed by atoms with Gasteiger partial charge < -0.3 is 10.6 Å². The minimum absolute atomic E-state index is 0.0634. The van der Waals surface area contributed by atoms with Crippen LogP contribution in [0.2, 0.25) is 0 Å². The van der Waals surface area contributed by atoms with Crippen LogP contribution in [0.3, 0.4) is 0 Å². The molecule has 0 saturated heterocycles. The van der Waals surface area contributed by atoms with Gasteiger partial charge >= 0.3 is 0 Å². The van der Waals surface area contributed by atoms with E-state index in [4.69, 9.17) is 5.73 Å². The first kappa shape index (κ1) is 11.9. The third-order valence-electron chi connectivity index (χ3n) is 3.40. The van der Waals surface area contributed by atoms with Gasteiger partial charge in [-0.15, -0.1) is 0 Å². The molecule has 0 radical (unpaired) electrons. The zero-order valence-corrected chi connectivity index (χ0v) is 10.2. The van der Waals surface area contributed by atoms with Crippen molar-refractivity contribution >= 4 is 11.7 Å². The highest BCUT2D eigenvalue weighted by molar-refractivity contribution is 5.94. The first-order valence-electron chi connectivity index (χ1n) is 6.21. The molecule has 4 nitrogen and oxygen atoms in total. The normalized spacial score (nSPS) is 15.4. The van der Waals surface area contributed by atoms with Gasteiger partial charge in [0.1, 0.15) is 5.82 Å². The zero-order valence-electron chi connectivity index (χ0n) is 10.2. The topological polar surface area (TPSA) is 59.2 Å². The van der Waals surface area contributed by atoms with Crippen molar-refractivity contribution in [1.82, 2.24) is 9.88 Å². The predicted octanol–water partition coefficient (Wildman–Crippen LogP) is 1.93. The number of aromatic nitrogens is 1. The van der Waals surface area contributed by atoms with Crippen molar-refractivity contribution in [2.75, 3.05) is 18.8 Å². The SMILES string of the molecule is CCN(CC1CCC1)C(=O)c1ccnc(N)c1. The van der Waals surface area contributed by atoms with Gasteiger partial charge in [-0.05, 0) is 37.8 Å². The van der Waals surface area contributed by atoms with E-state index in [1.54, 1.807) is 18.3 Å². The number of pyridine rings is 1. The fraction of sp³-hybridized carbons (Fsp3) is 0.538. The van der Waals surface area contributed by atoms with Gasteiger partial charge in [-0.3, -0.25) is 4.79 Å². The minimum Gasteiger partial charge on any atom is -0.384 e. The third-order valence-corrected chi connectivity index (χ3v) is 3.40. The van der Waals surface area contributed by atoms with E-state index >= 15 is 0 Å². The molecule has 1 aliphatic carbocycles. The molecule has 4 heteroatoms. The summed E-state index contributed by atoms with van der Waals surface area (Å²) < 4.78 is 0. The first-order valence-corrected chi connectivity index (χ1v) is 6.21. The molecule has 2 N–H and O–H groups in total. The molecule has 1 fully saturated rings. The maximum atomic E-state index is 12.2. The average molecular weight is 233 g/mol. The van der Waals surface area contributed by atoms with E-state index in [-0.39, 0.29) is 5.91 Å². The number of nitrogen functional groups attached to an aromatic ring is 1. The Balaban J connectivity index is 2.05. The summed E-state index contributed by atoms with van der Waals surface area (Å²) in [7, 11) is 0. The van der Waals surface area contributed by atoms with Gasteiger partial charge in [0.25, 0.3) is 5.91 Å². The Labute approximate surface area is 102 Å². The van der Waals surface area contributed by atoms with Crippen molar-refractivity contribution in [3.8, 4) is 0 Å². The van der Waals surface area contributed by atoms with Gasteiger partial charge in [0, 0.05) is 24.8 Å². The summed E-state index contributed by atoms with van der Waals surface area (Å²) in [6, 6.07) is 3.37. The predicted molar refractivity (Wildman–Crippen MR) is 67.6 cm³/mol. The summed E-state index contributed by atoms with van der Waals surface area (Å²) in [4.78, 5) is 18.1. The lowest BCUT2D eigenvalue weighted by atomic mass is 9.85. The monoisotopic (exact) mass is 233 g/mol. The van der Waals surface area contributed by atoms with Crippen molar-refractivity contribution < 1.29 is 4.79 Å². The van der Waals surface area contributed by atoms with Crippen molar-refractivity contribution in [1.29, 1.82) is 0 Å². The van der Waals surface area contributed by atoms with Gasteiger partial charge in [0.15, 0.2) is 0 Å². The lowest BCUT2D eigenvalue weighted by molar-refractivity contribution is 0.0706. The van der Waals surface area contributed by atoms with Crippen LogP contribution in [0.25, 0.3) is 0 Å². The lowest BCUT2D eigenvalue weighted by Crippen LogP contribution is -2.37. The number of hydrogen-bond donors (Lipinski definition) is 1. The molecule has 1 aromatic rings. The van der Waals surface area contributed by atoms with Crippen LogP contribution >= 0.6 is 0 Å². The van der Waals surface area contributed by atoms with E-state index in [1.165, 1.54) is 19.3 Å². The number of hydrogen-bond acceptors (Lipinski definition) is 3. The molecule has 92 valence electrons. The largest absolute Gasteiger partial charge is 0.384 e. The van der Waals surface area contributed by atoms with Crippen LogP contribution in [0.15, 0.2) is 18.3 Å². The number of carbonyl (C=O) groups excluding carboxylic acids is 1. The second-order valence-corrected chi connectivity index (χ2v) is 4.61. The molecule has 0 spiro atoms. The summed E-state index contributed by atoms with van der Waals surface area (Å²) in [5, 5.41) is 0. The van der Waals surface area contributed by atoms with Crippen molar-refractivity contribution in [3.05, 3.63) is 23.9 Å². The maximum Gasteiger partial charge on any atom is 0.254 e. The Morgan fingerprint density at radius 1 is 1.59 bits per heavy atom. The molecule has 17 heavy (non-hydrogen) atoms. The molecule has 0 atom stereocenters. The van der Waals surface area contributed by atoms with Crippen LogP contribution < -0.4 is 5.73 Å². The summed E-state index contributed by atoms with van der Waals surface area (Å²) in [6.07, 6.45) is 5.39. The van der Waals surface area contributed by atoms with Gasteiger partial charge in [-0.25, -0.2) is 4.98 Å². The smallest absolute Gasteiger partial charge is 0.254 e. The molecule has 1 aromatic heterocycles. The van der Waals surface area contributed by atoms with Crippen LogP contribution in [-0.4, -0.2) is 28.9 Å². The van der Waals surface area contributed by atoms with E-state index in [9.17, 15) is 4.79 Å². The quantitative estimate of drug-likeness (QED) is 0.864. The van der Waals surface area contributed by atoms with E-state index in [1.807, 2.05) is 11.8 Å². The minimum atomic E-state index is 0.0634. The number of nitrogens with zero attached hydrogens (tertiary/aromatic N) is 2. The van der Waals surface area contributed by atoms with Gasteiger partial charge in [0.05, 0.1) is 0 Å². The van der Waals surface area contributed by atoms with Gasteiger partial charge in [-0.1, -0.05) is 6.42 Å². The number of anilines is 1. The van der Waals surface area contributed by atoms with Crippen LogP contribution in [0.5, 0.6) is 0 Å². The number of carbonyl (C=O) groups is 1. The van der Waals surface area contributed by atoms with E-state index in [0.717, 1.165) is 13.1 Å². The lowest BCUT2D eigenvalue weighted by Gasteiger charge is -2.31. The molecule has 0 aliphatic heterocycles. The van der Waals surface area contributed by atoms with Crippen molar-refractivity contribution in [2.24, 2.45) is 5.92 Å². The second-order valence-electron chi connectivity index (χ2n) is 4.61. The third kappa shape index (κ3) is 2.75. The second kappa shape index (κ2) is 5.17. The average Bonchev–Trinajstić information content (AvgIpc) is 2.27. The molecular formula is C13H19N3O. The number of rotatable bonds is 4. The van der Waals surface area contributed by atoms with Crippen LogP contribution in [0.1, 0.15) is 36.5 Å². The van der Waals surface area contributed by atoms with E-state index in [0.29, 0.717) is 17.3 Å². The molecule has 0 unspecified atom stereocenters.